The summed E-state index contributed by atoms with van der Waals surface area (Å²) in [5.41, 5.74) is 0.818. The summed E-state index contributed by atoms with van der Waals surface area (Å²) in [5, 5.41) is 23.1. The van der Waals surface area contributed by atoms with Crippen molar-refractivity contribution in [1.29, 1.82) is 5.26 Å². The fraction of sp³-hybridized carbons (Fsp3) is 0.462. The molecule has 0 saturated carbocycles. The van der Waals surface area contributed by atoms with Crippen LogP contribution in [0.25, 0.3) is 0 Å². The van der Waals surface area contributed by atoms with Gasteiger partial charge < -0.3 is 10.4 Å². The predicted molar refractivity (Wildman–Crippen MR) is 77.2 cm³/mol. The Morgan fingerprint density at radius 3 is 2.65 bits per heavy atom. The maximum absolute atomic E-state index is 11.7. The van der Waals surface area contributed by atoms with Crippen molar-refractivity contribution < 1.29 is 14.7 Å². The van der Waals surface area contributed by atoms with E-state index < -0.39 is 12.0 Å². The van der Waals surface area contributed by atoms with Gasteiger partial charge in [0.1, 0.15) is 5.00 Å². The van der Waals surface area contributed by atoms with E-state index in [9.17, 15) is 9.59 Å². The summed E-state index contributed by atoms with van der Waals surface area (Å²) >= 11 is 1.25. The Balaban J connectivity index is 2.56. The summed E-state index contributed by atoms with van der Waals surface area (Å²) in [6.07, 6.45) is 1.92. The number of urea groups is 1. The Kier molecular flexibility index (Phi) is 6.00. The molecule has 0 aliphatic carbocycles. The van der Waals surface area contributed by atoms with Gasteiger partial charge in [0.05, 0.1) is 11.6 Å². The SMILES string of the molecule is Cc1sc(NC(=O)NCCCCC#N)c(C(=O)O)c1C. The number of nitrogens with one attached hydrogen (secondary N) is 2. The highest BCUT2D eigenvalue weighted by molar-refractivity contribution is 7.16. The fourth-order valence-corrected chi connectivity index (χ4v) is 2.70. The monoisotopic (exact) mass is 295 g/mol. The van der Waals surface area contributed by atoms with Crippen LogP contribution in [0.5, 0.6) is 0 Å². The second-order valence-electron chi connectivity index (χ2n) is 4.29. The number of unbranched alkanes of at least 4 members (excludes halogenated alkanes) is 2. The molecule has 1 aromatic heterocycles. The maximum Gasteiger partial charge on any atom is 0.338 e. The van der Waals surface area contributed by atoms with E-state index in [0.717, 1.165) is 17.7 Å². The topological polar surface area (TPSA) is 102 Å². The third-order valence-electron chi connectivity index (χ3n) is 2.83. The Morgan fingerprint density at radius 2 is 2.05 bits per heavy atom. The molecule has 7 heteroatoms. The maximum atomic E-state index is 11.7. The Bertz CT molecular complexity index is 546. The summed E-state index contributed by atoms with van der Waals surface area (Å²) in [6, 6.07) is 1.61. The lowest BCUT2D eigenvalue weighted by Gasteiger charge is -2.06. The molecule has 1 heterocycles. The molecule has 0 fully saturated rings. The van der Waals surface area contributed by atoms with Crippen LogP contribution in [0.15, 0.2) is 0 Å². The summed E-state index contributed by atoms with van der Waals surface area (Å²) in [7, 11) is 0. The number of aryl methyl sites for hydroxylation is 1. The number of carboxylic acids is 1. The highest BCUT2D eigenvalue weighted by atomic mass is 32.1. The molecule has 108 valence electrons. The van der Waals surface area contributed by atoms with Gasteiger partial charge in [-0.3, -0.25) is 5.32 Å². The largest absolute Gasteiger partial charge is 0.478 e. The zero-order chi connectivity index (χ0) is 15.1. The summed E-state index contributed by atoms with van der Waals surface area (Å²) in [6.45, 7) is 4.00. The minimum atomic E-state index is -1.05. The molecule has 0 radical (unpaired) electrons. The number of amides is 2. The number of carbonyl (C=O) groups excluding carboxylic acids is 1. The van der Waals surface area contributed by atoms with Gasteiger partial charge in [0.25, 0.3) is 0 Å². The van der Waals surface area contributed by atoms with Crippen LogP contribution < -0.4 is 10.6 Å². The molecule has 0 aliphatic heterocycles. The molecule has 1 aromatic rings. The second-order valence-corrected chi connectivity index (χ2v) is 5.51. The number of aromatic carboxylic acids is 1. The standard InChI is InChI=1S/C13H17N3O3S/c1-8-9(2)20-11(10(8)12(17)18)16-13(19)15-7-5-3-4-6-14/h3-5,7H2,1-2H3,(H,17,18)(H2,15,16,19). The fourth-order valence-electron chi connectivity index (χ4n) is 1.65. The van der Waals surface area contributed by atoms with Gasteiger partial charge in [-0.1, -0.05) is 0 Å². The minimum Gasteiger partial charge on any atom is -0.478 e. The molecule has 0 spiro atoms. The van der Waals surface area contributed by atoms with Crippen molar-refractivity contribution in [2.24, 2.45) is 0 Å². The number of hydrogen-bond acceptors (Lipinski definition) is 4. The van der Waals surface area contributed by atoms with Crippen LogP contribution in [0.2, 0.25) is 0 Å². The summed E-state index contributed by atoms with van der Waals surface area (Å²) in [4.78, 5) is 23.7. The molecule has 20 heavy (non-hydrogen) atoms. The van der Waals surface area contributed by atoms with E-state index in [1.807, 2.05) is 13.0 Å². The number of carboxylic acid groups (broad SMARTS) is 1. The molecule has 2 amide bonds. The van der Waals surface area contributed by atoms with Crippen LogP contribution in [0.1, 0.15) is 40.1 Å². The molecular formula is C13H17N3O3S. The van der Waals surface area contributed by atoms with E-state index in [4.69, 9.17) is 10.4 Å². The highest BCUT2D eigenvalue weighted by Crippen LogP contribution is 2.32. The average Bonchev–Trinajstić information content (AvgIpc) is 2.64. The van der Waals surface area contributed by atoms with Crippen molar-refractivity contribution >= 4 is 28.3 Å². The van der Waals surface area contributed by atoms with Crippen molar-refractivity contribution in [2.75, 3.05) is 11.9 Å². The van der Waals surface area contributed by atoms with Gasteiger partial charge in [0.2, 0.25) is 0 Å². The molecule has 0 saturated heterocycles. The van der Waals surface area contributed by atoms with Gasteiger partial charge in [-0.2, -0.15) is 5.26 Å². The third-order valence-corrected chi connectivity index (χ3v) is 3.95. The number of rotatable bonds is 6. The molecule has 0 atom stereocenters. The lowest BCUT2D eigenvalue weighted by atomic mass is 10.1. The van der Waals surface area contributed by atoms with E-state index >= 15 is 0 Å². The highest BCUT2D eigenvalue weighted by Gasteiger charge is 2.19. The average molecular weight is 295 g/mol. The molecule has 1 rings (SSSR count). The van der Waals surface area contributed by atoms with Crippen LogP contribution in [0.4, 0.5) is 9.80 Å². The van der Waals surface area contributed by atoms with Gasteiger partial charge in [-0.25, -0.2) is 9.59 Å². The smallest absolute Gasteiger partial charge is 0.338 e. The Hall–Kier alpha value is -2.07. The molecule has 0 bridgehead atoms. The van der Waals surface area contributed by atoms with Gasteiger partial charge in [-0.05, 0) is 32.3 Å². The van der Waals surface area contributed by atoms with Crippen molar-refractivity contribution in [3.63, 3.8) is 0 Å². The van der Waals surface area contributed by atoms with Crippen LogP contribution in [-0.2, 0) is 0 Å². The third kappa shape index (κ3) is 4.24. The number of anilines is 1. The summed E-state index contributed by atoms with van der Waals surface area (Å²) < 4.78 is 0. The second kappa shape index (κ2) is 7.50. The zero-order valence-corrected chi connectivity index (χ0v) is 12.3. The van der Waals surface area contributed by atoms with Crippen LogP contribution in [0.3, 0.4) is 0 Å². The van der Waals surface area contributed by atoms with Crippen LogP contribution in [0, 0.1) is 25.2 Å². The van der Waals surface area contributed by atoms with Crippen molar-refractivity contribution in [1.82, 2.24) is 5.32 Å². The lowest BCUT2D eigenvalue weighted by Crippen LogP contribution is -2.29. The van der Waals surface area contributed by atoms with Crippen molar-refractivity contribution in [3.05, 3.63) is 16.0 Å². The molecular weight excluding hydrogens is 278 g/mol. The molecule has 0 aliphatic rings. The Labute approximate surface area is 121 Å². The van der Waals surface area contributed by atoms with Gasteiger partial charge in [0, 0.05) is 17.8 Å². The van der Waals surface area contributed by atoms with E-state index in [-0.39, 0.29) is 5.56 Å². The van der Waals surface area contributed by atoms with E-state index in [2.05, 4.69) is 10.6 Å². The van der Waals surface area contributed by atoms with E-state index in [1.165, 1.54) is 11.3 Å². The number of thiophene rings is 1. The molecule has 3 N–H and O–H groups in total. The van der Waals surface area contributed by atoms with E-state index in [0.29, 0.717) is 23.5 Å². The lowest BCUT2D eigenvalue weighted by molar-refractivity contribution is 0.0697. The number of carbonyl (C=O) groups is 2. The Morgan fingerprint density at radius 1 is 1.35 bits per heavy atom. The van der Waals surface area contributed by atoms with Crippen LogP contribution >= 0.6 is 11.3 Å². The molecule has 0 aromatic carbocycles. The quantitative estimate of drug-likeness (QED) is 0.702. The van der Waals surface area contributed by atoms with Crippen molar-refractivity contribution in [2.45, 2.75) is 33.1 Å². The molecule has 0 unspecified atom stereocenters. The first-order chi connectivity index (χ1) is 9.47. The van der Waals surface area contributed by atoms with Crippen LogP contribution in [-0.4, -0.2) is 23.7 Å². The first-order valence-electron chi connectivity index (χ1n) is 6.22. The number of nitriles is 1. The minimum absolute atomic E-state index is 0.145. The first-order valence-corrected chi connectivity index (χ1v) is 7.04. The molecule has 6 nitrogen and oxygen atoms in total. The normalized spacial score (nSPS) is 9.85. The van der Waals surface area contributed by atoms with Gasteiger partial charge >= 0.3 is 12.0 Å². The van der Waals surface area contributed by atoms with Gasteiger partial charge in [0.15, 0.2) is 0 Å². The summed E-state index contributed by atoms with van der Waals surface area (Å²) in [5.74, 6) is -1.05. The predicted octanol–water partition coefficient (Wildman–Crippen LogP) is 2.88. The zero-order valence-electron chi connectivity index (χ0n) is 11.4. The first kappa shape index (κ1) is 16.0. The van der Waals surface area contributed by atoms with Crippen molar-refractivity contribution in [3.8, 4) is 6.07 Å². The number of hydrogen-bond donors (Lipinski definition) is 3. The van der Waals surface area contributed by atoms with E-state index in [1.54, 1.807) is 6.92 Å². The number of nitrogens with zero attached hydrogens (tertiary/aromatic N) is 1. The van der Waals surface area contributed by atoms with Gasteiger partial charge in [-0.15, -0.1) is 11.3 Å².